The second kappa shape index (κ2) is 4.56. The Hall–Kier alpha value is -0.370. The fourth-order valence-corrected chi connectivity index (χ4v) is 6.20. The van der Waals surface area contributed by atoms with E-state index in [0.29, 0.717) is 18.3 Å². The van der Waals surface area contributed by atoms with Crippen LogP contribution in [0.1, 0.15) is 58.8 Å². The summed E-state index contributed by atoms with van der Waals surface area (Å²) < 4.78 is 6.49. The van der Waals surface area contributed by atoms with E-state index in [1.165, 1.54) is 38.5 Å². The number of hydrogen-bond donors (Lipinski definition) is 0. The number of carbonyl (C=O) groups is 1. The minimum Gasteiger partial charge on any atom is -0.374 e. The van der Waals surface area contributed by atoms with Gasteiger partial charge in [0.15, 0.2) is 0 Å². The van der Waals surface area contributed by atoms with E-state index in [1.54, 1.807) is 0 Å². The van der Waals surface area contributed by atoms with Gasteiger partial charge in [-0.05, 0) is 68.6 Å². The Balaban J connectivity index is 1.43. The molecule has 112 valence electrons. The van der Waals surface area contributed by atoms with Crippen molar-refractivity contribution in [3.8, 4) is 0 Å². The van der Waals surface area contributed by atoms with Gasteiger partial charge >= 0.3 is 0 Å². The molecule has 0 spiro atoms. The predicted molar refractivity (Wildman–Crippen MR) is 78.3 cm³/mol. The minimum atomic E-state index is 0.167. The molecule has 0 heterocycles. The van der Waals surface area contributed by atoms with Crippen molar-refractivity contribution in [1.29, 1.82) is 0 Å². The van der Waals surface area contributed by atoms with Crippen LogP contribution in [0.15, 0.2) is 0 Å². The monoisotopic (exact) mass is 276 g/mol. The summed E-state index contributed by atoms with van der Waals surface area (Å²) in [6.45, 7) is 5.02. The summed E-state index contributed by atoms with van der Waals surface area (Å²) in [5.74, 6) is 4.20. The maximum Gasteiger partial charge on any atom is 0.141 e. The van der Waals surface area contributed by atoms with Gasteiger partial charge in [-0.2, -0.15) is 0 Å². The van der Waals surface area contributed by atoms with E-state index in [9.17, 15) is 4.79 Å². The molecule has 4 bridgehead atoms. The Bertz CT molecular complexity index is 378. The summed E-state index contributed by atoms with van der Waals surface area (Å²) in [6, 6.07) is 0. The lowest BCUT2D eigenvalue weighted by molar-refractivity contribution is -0.171. The lowest BCUT2D eigenvalue weighted by Crippen LogP contribution is -2.52. The fraction of sp³-hybridized carbons (Fsp3) is 0.944. The summed E-state index contributed by atoms with van der Waals surface area (Å²) in [4.78, 5) is 12.3. The molecule has 20 heavy (non-hydrogen) atoms. The molecule has 2 heteroatoms. The largest absolute Gasteiger partial charge is 0.374 e. The molecule has 0 N–H and O–H groups in total. The Morgan fingerprint density at radius 3 is 2.00 bits per heavy atom. The molecule has 0 amide bonds. The van der Waals surface area contributed by atoms with Crippen molar-refractivity contribution in [2.24, 2.45) is 35.5 Å². The molecule has 0 radical (unpaired) electrons. The van der Waals surface area contributed by atoms with E-state index in [2.05, 4.69) is 13.8 Å². The third-order valence-electron chi connectivity index (χ3n) is 6.81. The molecule has 3 atom stereocenters. The molecular formula is C18H28O2. The van der Waals surface area contributed by atoms with Gasteiger partial charge in [0.1, 0.15) is 5.78 Å². The number of hydrogen-bond acceptors (Lipinski definition) is 2. The topological polar surface area (TPSA) is 26.3 Å². The first-order valence-electron chi connectivity index (χ1n) is 8.72. The van der Waals surface area contributed by atoms with Crippen molar-refractivity contribution in [3.05, 3.63) is 0 Å². The number of carbonyl (C=O) groups excluding carboxylic acids is 1. The highest BCUT2D eigenvalue weighted by molar-refractivity contribution is 5.85. The quantitative estimate of drug-likeness (QED) is 0.783. The smallest absolute Gasteiger partial charge is 0.141 e. The van der Waals surface area contributed by atoms with Crippen molar-refractivity contribution < 1.29 is 9.53 Å². The van der Waals surface area contributed by atoms with Gasteiger partial charge in [-0.25, -0.2) is 0 Å². The average molecular weight is 276 g/mol. The molecule has 0 saturated heterocycles. The molecule has 0 aromatic rings. The molecule has 0 aliphatic heterocycles. The second-order valence-electron chi connectivity index (χ2n) is 8.53. The van der Waals surface area contributed by atoms with E-state index in [-0.39, 0.29) is 17.4 Å². The lowest BCUT2D eigenvalue weighted by atomic mass is 9.54. The van der Waals surface area contributed by atoms with Crippen molar-refractivity contribution >= 4 is 5.78 Å². The highest BCUT2D eigenvalue weighted by Gasteiger charge is 2.52. The van der Waals surface area contributed by atoms with Gasteiger partial charge in [0.25, 0.3) is 0 Å². The number of ketones is 1. The zero-order valence-corrected chi connectivity index (χ0v) is 12.9. The summed E-state index contributed by atoms with van der Waals surface area (Å²) in [6.07, 6.45) is 9.28. The Labute approximate surface area is 122 Å². The van der Waals surface area contributed by atoms with Crippen LogP contribution in [-0.2, 0) is 9.53 Å². The number of ether oxygens (including phenoxy) is 1. The van der Waals surface area contributed by atoms with Gasteiger partial charge in [0, 0.05) is 11.8 Å². The van der Waals surface area contributed by atoms with Crippen molar-refractivity contribution in [3.63, 3.8) is 0 Å². The molecule has 5 aliphatic carbocycles. The minimum absolute atomic E-state index is 0.167. The molecule has 0 aromatic carbocycles. The Morgan fingerprint density at radius 2 is 1.55 bits per heavy atom. The van der Waals surface area contributed by atoms with Gasteiger partial charge in [-0.1, -0.05) is 13.8 Å². The molecule has 5 fully saturated rings. The second-order valence-corrected chi connectivity index (χ2v) is 8.53. The van der Waals surface area contributed by atoms with Gasteiger partial charge in [-0.15, -0.1) is 0 Å². The summed E-state index contributed by atoms with van der Waals surface area (Å²) in [7, 11) is 0. The Kier molecular flexibility index (Phi) is 3.03. The molecule has 2 nitrogen and oxygen atoms in total. The SMILES string of the molecule is CC1CC(C)C(COC23CC4CC(CC(C4)C2)C3)C1=O. The molecule has 3 unspecified atom stereocenters. The molecule has 0 aromatic heterocycles. The third kappa shape index (κ3) is 2.06. The highest BCUT2D eigenvalue weighted by Crippen LogP contribution is 2.57. The van der Waals surface area contributed by atoms with Crippen molar-refractivity contribution in [2.45, 2.75) is 64.4 Å². The van der Waals surface area contributed by atoms with Gasteiger partial charge < -0.3 is 4.74 Å². The van der Waals surface area contributed by atoms with E-state index >= 15 is 0 Å². The van der Waals surface area contributed by atoms with E-state index < -0.39 is 0 Å². The normalized spacial score (nSPS) is 53.8. The van der Waals surface area contributed by atoms with Crippen LogP contribution in [0, 0.1) is 35.5 Å². The third-order valence-corrected chi connectivity index (χ3v) is 6.81. The van der Waals surface area contributed by atoms with Crippen LogP contribution in [-0.4, -0.2) is 18.0 Å². The fourth-order valence-electron chi connectivity index (χ4n) is 6.20. The molecule has 5 rings (SSSR count). The van der Waals surface area contributed by atoms with E-state index in [0.717, 1.165) is 24.2 Å². The van der Waals surface area contributed by atoms with Crippen LogP contribution in [0.4, 0.5) is 0 Å². The van der Waals surface area contributed by atoms with Gasteiger partial charge in [0.2, 0.25) is 0 Å². The predicted octanol–water partition coefficient (Wildman–Crippen LogP) is 3.83. The van der Waals surface area contributed by atoms with Gasteiger partial charge in [0.05, 0.1) is 12.2 Å². The highest BCUT2D eigenvalue weighted by atomic mass is 16.5. The first kappa shape index (κ1) is 13.3. The lowest BCUT2D eigenvalue weighted by Gasteiger charge is -2.56. The molecule has 5 aliphatic rings. The average Bonchev–Trinajstić information content (AvgIpc) is 2.59. The van der Waals surface area contributed by atoms with Gasteiger partial charge in [-0.3, -0.25) is 4.79 Å². The van der Waals surface area contributed by atoms with E-state index in [4.69, 9.17) is 4.74 Å². The summed E-state index contributed by atoms with van der Waals surface area (Å²) in [5, 5.41) is 0. The molecular weight excluding hydrogens is 248 g/mol. The maximum absolute atomic E-state index is 12.3. The first-order chi connectivity index (χ1) is 9.55. The molecule has 5 saturated carbocycles. The summed E-state index contributed by atoms with van der Waals surface area (Å²) in [5.41, 5.74) is 0.167. The zero-order chi connectivity index (χ0) is 13.9. The van der Waals surface area contributed by atoms with Crippen molar-refractivity contribution in [2.75, 3.05) is 6.61 Å². The number of rotatable bonds is 3. The van der Waals surface area contributed by atoms with Crippen LogP contribution in [0.2, 0.25) is 0 Å². The van der Waals surface area contributed by atoms with Crippen LogP contribution >= 0.6 is 0 Å². The zero-order valence-electron chi connectivity index (χ0n) is 12.9. The maximum atomic E-state index is 12.3. The standard InChI is InChI=1S/C18H28O2/c1-11-3-12(2)17(19)16(11)10-20-18-7-13-4-14(8-18)6-15(5-13)9-18/h11-16H,3-10H2,1-2H3. The van der Waals surface area contributed by atoms with Crippen LogP contribution in [0.3, 0.4) is 0 Å². The Morgan fingerprint density at radius 1 is 1.00 bits per heavy atom. The van der Waals surface area contributed by atoms with E-state index in [1.807, 2.05) is 0 Å². The van der Waals surface area contributed by atoms with Crippen LogP contribution < -0.4 is 0 Å². The van der Waals surface area contributed by atoms with Crippen LogP contribution in [0.5, 0.6) is 0 Å². The number of Topliss-reactive ketones (excluding diaryl/α,β-unsaturated/α-hetero) is 1. The summed E-state index contributed by atoms with van der Waals surface area (Å²) >= 11 is 0. The van der Waals surface area contributed by atoms with Crippen LogP contribution in [0.25, 0.3) is 0 Å². The first-order valence-corrected chi connectivity index (χ1v) is 8.72. The van der Waals surface area contributed by atoms with Crippen molar-refractivity contribution in [1.82, 2.24) is 0 Å².